The van der Waals surface area contributed by atoms with Crippen molar-refractivity contribution in [3.05, 3.63) is 23.8 Å². The highest BCUT2D eigenvalue weighted by Crippen LogP contribution is 2.32. The van der Waals surface area contributed by atoms with Crippen molar-refractivity contribution in [2.24, 2.45) is 0 Å². The topological polar surface area (TPSA) is 66.9 Å². The van der Waals surface area contributed by atoms with Crippen LogP contribution in [-0.2, 0) is 26.0 Å². The summed E-state index contributed by atoms with van der Waals surface area (Å²) in [6.07, 6.45) is 3.04. The van der Waals surface area contributed by atoms with Gasteiger partial charge in [0.25, 0.3) is 0 Å². The molecule has 0 N–H and O–H groups in total. The SMILES string of the molecule is CN(C)S(=O)(=O)c1ccc2c(c1)N(C(=O)CC1CCCO1)CC2. The fourth-order valence-electron chi connectivity index (χ4n) is 3.10. The smallest absolute Gasteiger partial charge is 0.242 e. The average molecular weight is 338 g/mol. The van der Waals surface area contributed by atoms with Crippen LogP contribution in [0.5, 0.6) is 0 Å². The lowest BCUT2D eigenvalue weighted by Crippen LogP contribution is -2.32. The molecule has 0 spiro atoms. The highest BCUT2D eigenvalue weighted by Gasteiger charge is 2.29. The summed E-state index contributed by atoms with van der Waals surface area (Å²) in [5.41, 5.74) is 1.74. The molecule has 3 rings (SSSR count). The molecule has 2 aliphatic rings. The highest BCUT2D eigenvalue weighted by atomic mass is 32.2. The molecule has 1 saturated heterocycles. The second-order valence-corrected chi connectivity index (χ2v) is 8.36. The number of hydrogen-bond acceptors (Lipinski definition) is 4. The normalized spacial score (nSPS) is 21.0. The third-order valence-electron chi connectivity index (χ3n) is 4.46. The Kier molecular flexibility index (Phi) is 4.44. The van der Waals surface area contributed by atoms with Gasteiger partial charge in [0.15, 0.2) is 0 Å². The molecule has 7 heteroatoms. The van der Waals surface area contributed by atoms with Crippen molar-refractivity contribution in [2.75, 3.05) is 32.1 Å². The van der Waals surface area contributed by atoms with E-state index in [2.05, 4.69) is 0 Å². The maximum Gasteiger partial charge on any atom is 0.242 e. The number of carbonyl (C=O) groups is 1. The average Bonchev–Trinajstić information content (AvgIpc) is 3.15. The van der Waals surface area contributed by atoms with E-state index in [4.69, 9.17) is 4.74 Å². The van der Waals surface area contributed by atoms with Gasteiger partial charge in [-0.25, -0.2) is 12.7 Å². The molecule has 23 heavy (non-hydrogen) atoms. The van der Waals surface area contributed by atoms with Gasteiger partial charge >= 0.3 is 0 Å². The van der Waals surface area contributed by atoms with E-state index >= 15 is 0 Å². The first-order chi connectivity index (χ1) is 10.9. The summed E-state index contributed by atoms with van der Waals surface area (Å²) in [5, 5.41) is 0. The van der Waals surface area contributed by atoms with Gasteiger partial charge in [0.2, 0.25) is 15.9 Å². The molecule has 1 amide bonds. The van der Waals surface area contributed by atoms with Crippen molar-refractivity contribution in [1.29, 1.82) is 0 Å². The first-order valence-electron chi connectivity index (χ1n) is 7.87. The number of hydrogen-bond donors (Lipinski definition) is 0. The minimum absolute atomic E-state index is 0.000223. The van der Waals surface area contributed by atoms with Crippen molar-refractivity contribution in [1.82, 2.24) is 4.31 Å². The molecule has 0 bridgehead atoms. The molecule has 1 aromatic rings. The first kappa shape index (κ1) is 16.4. The Hall–Kier alpha value is -1.44. The summed E-state index contributed by atoms with van der Waals surface area (Å²) in [6, 6.07) is 5.04. The van der Waals surface area contributed by atoms with Crippen molar-refractivity contribution in [2.45, 2.75) is 36.7 Å². The van der Waals surface area contributed by atoms with Gasteiger partial charge < -0.3 is 9.64 Å². The Morgan fingerprint density at radius 3 is 2.83 bits per heavy atom. The van der Waals surface area contributed by atoms with E-state index in [0.717, 1.165) is 37.1 Å². The molecule has 2 heterocycles. The Bertz CT molecular complexity index is 709. The van der Waals surface area contributed by atoms with E-state index in [9.17, 15) is 13.2 Å². The lowest BCUT2D eigenvalue weighted by molar-refractivity contribution is -0.120. The number of fused-ring (bicyclic) bond motifs is 1. The number of benzene rings is 1. The Balaban J connectivity index is 1.85. The minimum atomic E-state index is -3.50. The molecule has 1 fully saturated rings. The maximum absolute atomic E-state index is 12.5. The van der Waals surface area contributed by atoms with E-state index in [0.29, 0.717) is 13.0 Å². The Morgan fingerprint density at radius 1 is 1.39 bits per heavy atom. The molecule has 1 aromatic carbocycles. The van der Waals surface area contributed by atoms with Crippen LogP contribution in [-0.4, -0.2) is 52.0 Å². The van der Waals surface area contributed by atoms with E-state index < -0.39 is 10.0 Å². The van der Waals surface area contributed by atoms with Crippen LogP contribution < -0.4 is 4.90 Å². The van der Waals surface area contributed by atoms with Gasteiger partial charge in [0.1, 0.15) is 0 Å². The zero-order chi connectivity index (χ0) is 16.6. The van der Waals surface area contributed by atoms with Crippen LogP contribution in [0.2, 0.25) is 0 Å². The number of amides is 1. The van der Waals surface area contributed by atoms with E-state index in [1.165, 1.54) is 18.4 Å². The largest absolute Gasteiger partial charge is 0.378 e. The molecule has 0 aromatic heterocycles. The Labute approximate surface area is 137 Å². The fourth-order valence-corrected chi connectivity index (χ4v) is 4.02. The molecule has 1 unspecified atom stereocenters. The number of nitrogens with zero attached hydrogens (tertiary/aromatic N) is 2. The summed E-state index contributed by atoms with van der Waals surface area (Å²) in [7, 11) is -0.494. The molecule has 0 saturated carbocycles. The summed E-state index contributed by atoms with van der Waals surface area (Å²) in [5.74, 6) is 0.00931. The zero-order valence-corrected chi connectivity index (χ0v) is 14.3. The third-order valence-corrected chi connectivity index (χ3v) is 6.27. The van der Waals surface area contributed by atoms with Crippen molar-refractivity contribution < 1.29 is 17.9 Å². The van der Waals surface area contributed by atoms with Gasteiger partial charge in [-0.05, 0) is 37.0 Å². The van der Waals surface area contributed by atoms with Gasteiger partial charge in [-0.3, -0.25) is 4.79 Å². The molecular formula is C16H22N2O4S. The molecule has 0 aliphatic carbocycles. The van der Waals surface area contributed by atoms with Crippen LogP contribution >= 0.6 is 0 Å². The van der Waals surface area contributed by atoms with Gasteiger partial charge in [0, 0.05) is 32.9 Å². The summed E-state index contributed by atoms with van der Waals surface area (Å²) >= 11 is 0. The van der Waals surface area contributed by atoms with Gasteiger partial charge in [0.05, 0.1) is 17.4 Å². The zero-order valence-electron chi connectivity index (χ0n) is 13.5. The molecule has 0 radical (unpaired) electrons. The molecule has 1 atom stereocenters. The number of anilines is 1. The third kappa shape index (κ3) is 3.13. The van der Waals surface area contributed by atoms with Gasteiger partial charge in [-0.2, -0.15) is 0 Å². The van der Waals surface area contributed by atoms with Crippen molar-refractivity contribution in [3.8, 4) is 0 Å². The maximum atomic E-state index is 12.5. The quantitative estimate of drug-likeness (QED) is 0.832. The monoisotopic (exact) mass is 338 g/mol. The van der Waals surface area contributed by atoms with E-state index in [1.807, 2.05) is 6.07 Å². The van der Waals surface area contributed by atoms with E-state index in [-0.39, 0.29) is 16.9 Å². The van der Waals surface area contributed by atoms with Gasteiger partial charge in [-0.15, -0.1) is 0 Å². The van der Waals surface area contributed by atoms with Crippen LogP contribution in [0.15, 0.2) is 23.1 Å². The Morgan fingerprint density at radius 2 is 2.17 bits per heavy atom. The van der Waals surface area contributed by atoms with Gasteiger partial charge in [-0.1, -0.05) is 6.07 Å². The number of carbonyl (C=O) groups excluding carboxylic acids is 1. The van der Waals surface area contributed by atoms with Crippen LogP contribution in [0.3, 0.4) is 0 Å². The molecule has 2 aliphatic heterocycles. The predicted molar refractivity (Wildman–Crippen MR) is 87.0 cm³/mol. The number of rotatable bonds is 4. The number of sulfonamides is 1. The second kappa shape index (κ2) is 6.22. The summed E-state index contributed by atoms with van der Waals surface area (Å²) < 4.78 is 31.3. The predicted octanol–water partition coefficient (Wildman–Crippen LogP) is 1.40. The summed E-state index contributed by atoms with van der Waals surface area (Å²) in [6.45, 7) is 1.33. The minimum Gasteiger partial charge on any atom is -0.378 e. The second-order valence-electron chi connectivity index (χ2n) is 6.21. The van der Waals surface area contributed by atoms with Crippen LogP contribution in [0.4, 0.5) is 5.69 Å². The fraction of sp³-hybridized carbons (Fsp3) is 0.562. The van der Waals surface area contributed by atoms with E-state index in [1.54, 1.807) is 17.0 Å². The standard InChI is InChI=1S/C16H22N2O4S/c1-17(2)23(20,21)14-6-5-12-7-8-18(15(12)11-14)16(19)10-13-4-3-9-22-13/h5-6,11,13H,3-4,7-10H2,1-2H3. The van der Waals surface area contributed by atoms with Crippen LogP contribution in [0, 0.1) is 0 Å². The molecule has 126 valence electrons. The summed E-state index contributed by atoms with van der Waals surface area (Å²) in [4.78, 5) is 14.5. The molecule has 6 nitrogen and oxygen atoms in total. The van der Waals surface area contributed by atoms with Crippen molar-refractivity contribution in [3.63, 3.8) is 0 Å². The first-order valence-corrected chi connectivity index (χ1v) is 9.31. The lowest BCUT2D eigenvalue weighted by Gasteiger charge is -2.20. The number of ether oxygens (including phenoxy) is 1. The van der Waals surface area contributed by atoms with Crippen LogP contribution in [0.1, 0.15) is 24.8 Å². The highest BCUT2D eigenvalue weighted by molar-refractivity contribution is 7.89. The molecular weight excluding hydrogens is 316 g/mol. The van der Waals surface area contributed by atoms with Crippen molar-refractivity contribution >= 4 is 21.6 Å². The lowest BCUT2D eigenvalue weighted by atomic mass is 10.1. The van der Waals surface area contributed by atoms with Crippen LogP contribution in [0.25, 0.3) is 0 Å².